The van der Waals surface area contributed by atoms with Gasteiger partial charge in [-0.2, -0.15) is 0 Å². The zero-order chi connectivity index (χ0) is 11.2. The van der Waals surface area contributed by atoms with E-state index in [0.29, 0.717) is 13.0 Å². The van der Waals surface area contributed by atoms with Gasteiger partial charge >= 0.3 is 0 Å². The fourth-order valence-electron chi connectivity index (χ4n) is 0.844. The van der Waals surface area contributed by atoms with Crippen LogP contribution in [0.3, 0.4) is 0 Å². The van der Waals surface area contributed by atoms with Crippen LogP contribution in [-0.4, -0.2) is 42.7 Å². The van der Waals surface area contributed by atoms with Gasteiger partial charge in [-0.15, -0.1) is 0 Å². The fraction of sp³-hybridized carbons (Fsp3) is 1.00. The van der Waals surface area contributed by atoms with E-state index in [2.05, 4.69) is 0 Å². The first-order valence-corrected chi connectivity index (χ1v) is 6.12. The van der Waals surface area contributed by atoms with Crippen molar-refractivity contribution in [1.82, 2.24) is 0 Å². The molecule has 2 radical (unpaired) electrons. The van der Waals surface area contributed by atoms with E-state index in [9.17, 15) is 5.11 Å². The van der Waals surface area contributed by atoms with Gasteiger partial charge in [-0.05, 0) is 40.4 Å². The summed E-state index contributed by atoms with van der Waals surface area (Å²) in [4.78, 5) is 0. The molecule has 5 heteroatoms. The molecule has 0 bridgehead atoms. The van der Waals surface area contributed by atoms with Crippen molar-refractivity contribution in [2.75, 3.05) is 12.9 Å². The van der Waals surface area contributed by atoms with Gasteiger partial charge in [-0.25, -0.2) is 11.6 Å². The number of hydrogen-bond donors (Lipinski definition) is 1. The second-order valence-corrected chi connectivity index (χ2v) is 5.30. The highest BCUT2D eigenvalue weighted by Gasteiger charge is 2.20. The Morgan fingerprint density at radius 3 is 2.29 bits per heavy atom. The van der Waals surface area contributed by atoms with E-state index in [-0.39, 0.29) is 5.50 Å². The normalized spacial score (nSPS) is 12.7. The number of rotatable bonds is 7. The van der Waals surface area contributed by atoms with E-state index in [4.69, 9.17) is 4.74 Å². The monoisotopic (exact) mass is 214 g/mol. The van der Waals surface area contributed by atoms with Gasteiger partial charge in [0.25, 0.3) is 0 Å². The van der Waals surface area contributed by atoms with Crippen molar-refractivity contribution in [3.8, 4) is 0 Å². The summed E-state index contributed by atoms with van der Waals surface area (Å²) in [6.45, 7) is 8.20. The van der Waals surface area contributed by atoms with Crippen LogP contribution >= 0.6 is 11.6 Å². The Hall–Kier alpha value is 0.400. The van der Waals surface area contributed by atoms with Crippen LogP contribution in [0.1, 0.15) is 34.1 Å². The largest absolute Gasteiger partial charge is 0.390 e. The lowest BCUT2D eigenvalue weighted by Gasteiger charge is -2.26. The molecule has 0 aromatic carbocycles. The van der Waals surface area contributed by atoms with Crippen molar-refractivity contribution in [1.29, 1.82) is 0 Å². The maximum atomic E-state index is 9.49. The van der Waals surface area contributed by atoms with Crippen LogP contribution in [0, 0.1) is 0 Å². The summed E-state index contributed by atoms with van der Waals surface area (Å²) in [5.74, 6) is 0. The lowest BCUT2D eigenvalue weighted by Crippen LogP contribution is -2.36. The highest BCUT2D eigenvalue weighted by atomic mass is 32.2. The van der Waals surface area contributed by atoms with Crippen molar-refractivity contribution in [2.45, 2.75) is 45.2 Å². The van der Waals surface area contributed by atoms with Crippen LogP contribution in [0.25, 0.3) is 0 Å². The minimum absolute atomic E-state index is 0.242. The van der Waals surface area contributed by atoms with E-state index < -0.39 is 5.60 Å². The summed E-state index contributed by atoms with van der Waals surface area (Å²) in [6.07, 6.45) is 4.69. The molecule has 0 atom stereocenters. The van der Waals surface area contributed by atoms with Gasteiger partial charge in [-0.1, -0.05) is 0 Å². The average molecular weight is 214 g/mol. The van der Waals surface area contributed by atoms with Gasteiger partial charge in [0, 0.05) is 12.1 Å². The first-order chi connectivity index (χ1) is 6.27. The van der Waals surface area contributed by atoms with E-state index in [1.807, 2.05) is 33.7 Å². The molecule has 0 heterocycles. The summed E-state index contributed by atoms with van der Waals surface area (Å²) in [6, 6.07) is 0. The van der Waals surface area contributed by atoms with Crippen molar-refractivity contribution in [3.63, 3.8) is 0 Å². The van der Waals surface area contributed by atoms with E-state index in [0.717, 1.165) is 0 Å². The van der Waals surface area contributed by atoms with Gasteiger partial charge in [-0.3, -0.25) is 0 Å². The van der Waals surface area contributed by atoms with Crippen molar-refractivity contribution >= 4 is 25.2 Å². The Morgan fingerprint density at radius 2 is 1.86 bits per heavy atom. The number of ether oxygens (including phenoxy) is 1. The van der Waals surface area contributed by atoms with Gasteiger partial charge in [0.05, 0.1) is 5.60 Å². The van der Waals surface area contributed by atoms with Gasteiger partial charge < -0.3 is 9.84 Å². The van der Waals surface area contributed by atoms with Crippen molar-refractivity contribution in [2.24, 2.45) is 0 Å². The standard InChI is InChI=1S/C9H20B2O2S/c1-8(2,12)6-7-13-9(3,4)10-11-14-5/h12H,6-7H2,1-5H3. The average Bonchev–Trinajstić information content (AvgIpc) is 1.98. The highest BCUT2D eigenvalue weighted by Crippen LogP contribution is 2.12. The molecule has 14 heavy (non-hydrogen) atoms. The van der Waals surface area contributed by atoms with Crippen molar-refractivity contribution < 1.29 is 9.84 Å². The van der Waals surface area contributed by atoms with E-state index in [1.54, 1.807) is 25.5 Å². The Balaban J connectivity index is 3.65. The lowest BCUT2D eigenvalue weighted by atomic mass is 9.44. The third-order valence-electron chi connectivity index (χ3n) is 1.79. The van der Waals surface area contributed by atoms with Gasteiger partial charge in [0.15, 0.2) is 0 Å². The summed E-state index contributed by atoms with van der Waals surface area (Å²) in [7, 11) is 2.03. The predicted molar refractivity (Wildman–Crippen MR) is 66.0 cm³/mol. The number of hydrogen-bond acceptors (Lipinski definition) is 3. The molecule has 0 amide bonds. The Bertz CT molecular complexity index is 157. The third-order valence-corrected chi connectivity index (χ3v) is 2.20. The van der Waals surface area contributed by atoms with Crippen LogP contribution in [0.5, 0.6) is 0 Å². The molecule has 2 nitrogen and oxygen atoms in total. The highest BCUT2D eigenvalue weighted by molar-refractivity contribution is 8.26. The molecule has 0 spiro atoms. The third kappa shape index (κ3) is 8.97. The zero-order valence-electron chi connectivity index (χ0n) is 9.83. The molecule has 0 aliphatic rings. The van der Waals surface area contributed by atoms with Crippen LogP contribution in [-0.2, 0) is 4.74 Å². The molecule has 0 aliphatic carbocycles. The topological polar surface area (TPSA) is 29.5 Å². The smallest absolute Gasteiger partial charge is 0.149 e. The molecule has 0 fully saturated rings. The molecule has 0 saturated heterocycles. The summed E-state index contributed by atoms with van der Waals surface area (Å²) in [5.41, 5.74) is -0.881. The predicted octanol–water partition coefficient (Wildman–Crippen LogP) is 1.50. The minimum atomic E-state index is -0.640. The molecular formula is C9H20B2O2S. The summed E-state index contributed by atoms with van der Waals surface area (Å²) in [5, 5.41) is 9.49. The maximum Gasteiger partial charge on any atom is 0.149 e. The van der Waals surface area contributed by atoms with Crippen LogP contribution in [0.4, 0.5) is 0 Å². The SMILES string of the molecule is CS[B][B]C(C)(C)OCCC(C)(C)O. The molecule has 0 rings (SSSR count). The lowest BCUT2D eigenvalue weighted by molar-refractivity contribution is -0.00664. The molecule has 0 unspecified atom stereocenters. The quantitative estimate of drug-likeness (QED) is 0.651. The number of aliphatic hydroxyl groups is 1. The zero-order valence-corrected chi connectivity index (χ0v) is 10.6. The molecule has 0 aliphatic heterocycles. The second-order valence-electron chi connectivity index (χ2n) is 4.55. The van der Waals surface area contributed by atoms with Crippen molar-refractivity contribution in [3.05, 3.63) is 0 Å². The van der Waals surface area contributed by atoms with Crippen LogP contribution in [0.2, 0.25) is 0 Å². The van der Waals surface area contributed by atoms with Gasteiger partial charge in [0.2, 0.25) is 0 Å². The molecule has 0 aromatic rings. The first-order valence-electron chi connectivity index (χ1n) is 4.84. The Labute approximate surface area is 93.5 Å². The van der Waals surface area contributed by atoms with E-state index in [1.165, 1.54) is 0 Å². The molecule has 80 valence electrons. The molecular weight excluding hydrogens is 194 g/mol. The summed E-state index contributed by atoms with van der Waals surface area (Å²) < 4.78 is 5.65. The van der Waals surface area contributed by atoms with Crippen LogP contribution < -0.4 is 0 Å². The van der Waals surface area contributed by atoms with Gasteiger partial charge in [0.1, 0.15) is 13.6 Å². The molecule has 0 saturated carbocycles. The maximum absolute atomic E-state index is 9.49. The Morgan fingerprint density at radius 1 is 1.29 bits per heavy atom. The second kappa shape index (κ2) is 6.09. The fourth-order valence-corrected chi connectivity index (χ4v) is 1.31. The van der Waals surface area contributed by atoms with Crippen LogP contribution in [0.15, 0.2) is 0 Å². The summed E-state index contributed by atoms with van der Waals surface area (Å²) >= 11 is 1.66. The molecule has 1 N–H and O–H groups in total. The first kappa shape index (κ1) is 14.4. The minimum Gasteiger partial charge on any atom is -0.390 e. The van der Waals surface area contributed by atoms with E-state index >= 15 is 0 Å². The molecule has 0 aromatic heterocycles. The Kier molecular flexibility index (Phi) is 6.26.